The van der Waals surface area contributed by atoms with E-state index in [-0.39, 0.29) is 0 Å². The number of oxazole rings is 3. The summed E-state index contributed by atoms with van der Waals surface area (Å²) < 4.78 is 37.2. The van der Waals surface area contributed by atoms with Crippen LogP contribution in [0.3, 0.4) is 0 Å². The van der Waals surface area contributed by atoms with Gasteiger partial charge in [0.25, 0.3) is 0 Å². The Hall–Kier alpha value is -6.21. The van der Waals surface area contributed by atoms with Crippen molar-refractivity contribution in [2.75, 3.05) is 21.3 Å². The van der Waals surface area contributed by atoms with E-state index in [4.69, 9.17) is 42.4 Å². The summed E-state index contributed by atoms with van der Waals surface area (Å²) in [6.07, 6.45) is 18.5. The number of thiophene rings is 3. The summed E-state index contributed by atoms with van der Waals surface area (Å²) in [6, 6.07) is 30.4. The van der Waals surface area contributed by atoms with Crippen molar-refractivity contribution in [1.29, 1.82) is 0 Å². The van der Waals surface area contributed by atoms with E-state index in [9.17, 15) is 0 Å². The third-order valence-electron chi connectivity index (χ3n) is 15.6. The van der Waals surface area contributed by atoms with Gasteiger partial charge >= 0.3 is 0 Å². The van der Waals surface area contributed by atoms with Crippen LogP contribution < -0.4 is 14.2 Å². The van der Waals surface area contributed by atoms with Crippen LogP contribution in [-0.4, -0.2) is 36.3 Å². The number of ether oxygens (including phenoxy) is 3. The van der Waals surface area contributed by atoms with Crippen molar-refractivity contribution in [3.63, 3.8) is 0 Å². The number of benzene rings is 4. The normalized spacial score (nSPS) is 16.4. The number of methoxy groups -OCH3 is 3. The Bertz CT molecular complexity index is 3200. The van der Waals surface area contributed by atoms with E-state index in [0.717, 1.165) is 97.2 Å². The van der Waals surface area contributed by atoms with Crippen LogP contribution in [0.15, 0.2) is 104 Å². The summed E-state index contributed by atoms with van der Waals surface area (Å²) in [5.41, 5.74) is 12.8. The molecule has 3 aliphatic rings. The Balaban J connectivity index is 0.860. The summed E-state index contributed by atoms with van der Waals surface area (Å²) in [6.45, 7) is 0. The molecule has 12 heteroatoms. The predicted molar refractivity (Wildman–Crippen MR) is 293 cm³/mol. The molecule has 72 heavy (non-hydrogen) atoms. The molecule has 3 saturated carbocycles. The lowest BCUT2D eigenvalue weighted by molar-refractivity contribution is 0.387. The second kappa shape index (κ2) is 19.3. The maximum absolute atomic E-state index is 6.49. The van der Waals surface area contributed by atoms with Gasteiger partial charge in [-0.25, -0.2) is 15.0 Å². The highest BCUT2D eigenvalue weighted by Crippen LogP contribution is 2.47. The predicted octanol–water partition coefficient (Wildman–Crippen LogP) is 18.5. The van der Waals surface area contributed by atoms with Crippen molar-refractivity contribution in [2.45, 2.75) is 114 Å². The largest absolute Gasteiger partial charge is 0.496 e. The zero-order valence-corrected chi connectivity index (χ0v) is 43.5. The van der Waals surface area contributed by atoms with Gasteiger partial charge in [-0.15, -0.1) is 34.0 Å². The lowest BCUT2D eigenvalue weighted by atomic mass is 9.83. The molecule has 9 nitrogen and oxygen atoms in total. The van der Waals surface area contributed by atoms with Gasteiger partial charge in [0.1, 0.15) is 33.8 Å². The molecular formula is C60H57N3O6S3. The first kappa shape index (κ1) is 45.6. The van der Waals surface area contributed by atoms with Gasteiger partial charge in [0.15, 0.2) is 16.7 Å². The quantitative estimate of drug-likeness (QED) is 0.118. The van der Waals surface area contributed by atoms with Crippen LogP contribution >= 0.6 is 34.0 Å². The van der Waals surface area contributed by atoms with E-state index in [0.29, 0.717) is 35.4 Å². The highest BCUT2D eigenvalue weighted by molar-refractivity contribution is 7.19. The van der Waals surface area contributed by atoms with Crippen LogP contribution in [0.1, 0.15) is 131 Å². The molecule has 0 aliphatic heterocycles. The minimum absolute atomic E-state index is 0.489. The molecule has 3 aliphatic carbocycles. The van der Waals surface area contributed by atoms with Gasteiger partial charge in [0.05, 0.1) is 31.1 Å². The number of hydrogen-bond donors (Lipinski definition) is 0. The Morgan fingerprint density at radius 2 is 0.750 bits per heavy atom. The van der Waals surface area contributed by atoms with E-state index in [1.165, 1.54) is 113 Å². The number of aromatic nitrogens is 3. The first-order valence-electron chi connectivity index (χ1n) is 25.9. The van der Waals surface area contributed by atoms with Crippen LogP contribution in [0.4, 0.5) is 0 Å². The monoisotopic (exact) mass is 1010 g/mol. The number of fused-ring (bicyclic) bond motifs is 3. The summed E-state index contributed by atoms with van der Waals surface area (Å²) in [7, 11) is 5.27. The van der Waals surface area contributed by atoms with E-state index >= 15 is 0 Å². The number of nitrogens with zero attached hydrogens (tertiary/aromatic N) is 3. The van der Waals surface area contributed by atoms with E-state index < -0.39 is 0 Å². The summed E-state index contributed by atoms with van der Waals surface area (Å²) in [5, 5.41) is 2.15. The fourth-order valence-corrected chi connectivity index (χ4v) is 14.6. The molecule has 13 rings (SSSR count). The Morgan fingerprint density at radius 3 is 1.15 bits per heavy atom. The first-order chi connectivity index (χ1) is 35.4. The molecule has 0 bridgehead atoms. The molecule has 0 atom stereocenters. The van der Waals surface area contributed by atoms with Gasteiger partial charge in [-0.1, -0.05) is 57.8 Å². The molecule has 6 aromatic heterocycles. The highest BCUT2D eigenvalue weighted by atomic mass is 32.1. The van der Waals surface area contributed by atoms with Crippen molar-refractivity contribution < 1.29 is 27.5 Å². The van der Waals surface area contributed by atoms with Crippen molar-refractivity contribution >= 4 is 67.3 Å². The average molecular weight is 1010 g/mol. The Labute approximate surface area is 431 Å². The molecule has 10 aromatic rings. The molecule has 4 aromatic carbocycles. The van der Waals surface area contributed by atoms with Crippen molar-refractivity contribution in [3.05, 3.63) is 107 Å². The first-order valence-corrected chi connectivity index (χ1v) is 28.4. The van der Waals surface area contributed by atoms with Gasteiger partial charge in [0.2, 0.25) is 17.7 Å². The second-order valence-corrected chi connectivity index (χ2v) is 23.2. The maximum Gasteiger partial charge on any atom is 0.237 e. The van der Waals surface area contributed by atoms with Crippen molar-refractivity contribution in [2.24, 2.45) is 0 Å². The van der Waals surface area contributed by atoms with E-state index in [1.54, 1.807) is 55.3 Å². The smallest absolute Gasteiger partial charge is 0.237 e. The number of hydrogen-bond acceptors (Lipinski definition) is 12. The summed E-state index contributed by atoms with van der Waals surface area (Å²) >= 11 is 5.08. The molecule has 366 valence electrons. The van der Waals surface area contributed by atoms with Crippen LogP contribution in [0.5, 0.6) is 17.2 Å². The molecule has 0 amide bonds. The minimum atomic E-state index is 0.489. The summed E-state index contributed by atoms with van der Waals surface area (Å²) in [4.78, 5) is 20.5. The Morgan fingerprint density at radius 1 is 0.389 bits per heavy atom. The van der Waals surface area contributed by atoms with Gasteiger partial charge in [-0.3, -0.25) is 0 Å². The van der Waals surface area contributed by atoms with Crippen molar-refractivity contribution in [1.82, 2.24) is 15.0 Å². The van der Waals surface area contributed by atoms with Crippen LogP contribution in [0.25, 0.3) is 97.6 Å². The molecule has 0 N–H and O–H groups in total. The van der Waals surface area contributed by atoms with Crippen LogP contribution in [0, 0.1) is 0 Å². The van der Waals surface area contributed by atoms with Crippen molar-refractivity contribution in [3.8, 4) is 81.6 Å². The van der Waals surface area contributed by atoms with Crippen LogP contribution in [0.2, 0.25) is 0 Å². The van der Waals surface area contributed by atoms with Crippen LogP contribution in [-0.2, 0) is 0 Å². The standard InChI is InChI=1S/C60H57N3O6S3/c1-64-47-30-50-44(27-41(47)34-13-7-4-8-14-34)61-58(67-50)40-26-57(70-33-40)39-24-37(53-19-21-55(71-53)59-62-45-28-42(35-15-9-5-10-16-35)48(65-2)31-51(45)68-59)23-38(25-39)54-20-22-56(72-54)60-63-46-29-43(36-17-11-6-12-18-36)49(66-3)32-52(46)69-60/h19-36H,4-18H2,1-3H3. The maximum atomic E-state index is 6.49. The lowest BCUT2D eigenvalue weighted by Crippen LogP contribution is -2.06. The fourth-order valence-electron chi connectivity index (χ4n) is 11.8. The summed E-state index contributed by atoms with van der Waals surface area (Å²) in [5.74, 6) is 5.99. The average Bonchev–Trinajstić information content (AvgIpc) is 4.31. The molecule has 3 fully saturated rings. The number of rotatable bonds is 12. The molecule has 0 spiro atoms. The van der Waals surface area contributed by atoms with E-state index in [2.05, 4.69) is 72.1 Å². The Kier molecular flexibility index (Phi) is 12.3. The van der Waals surface area contributed by atoms with Gasteiger partial charge < -0.3 is 27.5 Å². The molecule has 0 saturated heterocycles. The molecular weight excluding hydrogens is 955 g/mol. The van der Waals surface area contributed by atoms with Gasteiger partial charge in [-0.2, -0.15) is 0 Å². The lowest BCUT2D eigenvalue weighted by Gasteiger charge is -2.23. The molecule has 0 unspecified atom stereocenters. The topological polar surface area (TPSA) is 106 Å². The third kappa shape index (κ3) is 8.62. The SMILES string of the molecule is COc1cc2oc(-c3csc(-c4cc(-c5ccc(-c6nc7cc(C8CCCCC8)c(OC)cc7o6)s5)cc(-c5ccc(-c6nc7cc(C8CCCCC8)c(OC)cc7o6)s5)c4)c3)nc2cc1C1CCCCC1. The van der Waals surface area contributed by atoms with E-state index in [1.807, 2.05) is 18.2 Å². The zero-order chi connectivity index (χ0) is 48.3. The highest BCUT2D eigenvalue weighted by Gasteiger charge is 2.26. The zero-order valence-electron chi connectivity index (χ0n) is 41.0. The molecule has 6 heterocycles. The third-order valence-corrected chi connectivity index (χ3v) is 18.8. The minimum Gasteiger partial charge on any atom is -0.496 e. The molecule has 0 radical (unpaired) electrons. The second-order valence-electron chi connectivity index (χ2n) is 20.1. The fraction of sp³-hybridized carbons (Fsp3) is 0.350. The van der Waals surface area contributed by atoms with Gasteiger partial charge in [-0.05, 0) is 156 Å². The van der Waals surface area contributed by atoms with Gasteiger partial charge in [0, 0.05) is 43.8 Å².